The summed E-state index contributed by atoms with van der Waals surface area (Å²) in [5.41, 5.74) is 0. The number of likely N-dealkylation sites (tertiary alicyclic amines) is 2. The number of piperidine rings is 2. The number of nitrogens with zero attached hydrogens (tertiary/aromatic N) is 2. The van der Waals surface area contributed by atoms with Gasteiger partial charge in [-0.15, -0.1) is 0 Å². The highest BCUT2D eigenvalue weighted by Crippen LogP contribution is 2.24. The van der Waals surface area contributed by atoms with Crippen LogP contribution in [-0.2, 0) is 6.61 Å². The van der Waals surface area contributed by atoms with E-state index in [4.69, 9.17) is 9.15 Å². The van der Waals surface area contributed by atoms with Gasteiger partial charge in [-0.1, -0.05) is 22.9 Å². The molecule has 2 aliphatic rings. The first-order valence-corrected chi connectivity index (χ1v) is 11.8. The molecule has 2 fully saturated rings. The molecule has 162 valence electrons. The van der Waals surface area contributed by atoms with Crippen LogP contribution in [0.15, 0.2) is 45.3 Å². The summed E-state index contributed by atoms with van der Waals surface area (Å²) in [6.07, 6.45) is 4.88. The van der Waals surface area contributed by atoms with Crippen LogP contribution in [0.1, 0.15) is 48.9 Å². The molecule has 3 heterocycles. The first-order chi connectivity index (χ1) is 14.6. The summed E-state index contributed by atoms with van der Waals surface area (Å²) in [4.78, 5) is 17.5. The van der Waals surface area contributed by atoms with Crippen LogP contribution in [0.25, 0.3) is 0 Å². The minimum atomic E-state index is 0.00172. The molecule has 4 rings (SSSR count). The van der Waals surface area contributed by atoms with Crippen molar-refractivity contribution in [2.75, 3.05) is 32.7 Å². The van der Waals surface area contributed by atoms with E-state index in [0.29, 0.717) is 24.0 Å². The predicted molar refractivity (Wildman–Crippen MR) is 121 cm³/mol. The molecule has 0 aliphatic carbocycles. The Morgan fingerprint density at radius 3 is 2.63 bits per heavy atom. The number of hydrogen-bond acceptors (Lipinski definition) is 4. The Kier molecular flexibility index (Phi) is 7.16. The molecular formula is C24H31BrN2O3. The first-order valence-electron chi connectivity index (χ1n) is 11.1. The normalized spacial score (nSPS) is 21.0. The number of halogens is 1. The molecule has 0 saturated carbocycles. The average Bonchev–Trinajstić information content (AvgIpc) is 3.24. The SMILES string of the molecule is CC1CCN(C[C@H]2CCCN(C(=O)c3ccc(COc4ccc(Br)cc4)o3)C2)CC1. The molecule has 0 spiro atoms. The summed E-state index contributed by atoms with van der Waals surface area (Å²) in [5, 5.41) is 0. The van der Waals surface area contributed by atoms with Gasteiger partial charge in [0.1, 0.15) is 18.1 Å². The maximum Gasteiger partial charge on any atom is 0.289 e. The number of furan rings is 1. The number of amides is 1. The Balaban J connectivity index is 1.28. The fourth-order valence-corrected chi connectivity index (χ4v) is 4.68. The van der Waals surface area contributed by atoms with Crippen molar-refractivity contribution < 1.29 is 13.9 Å². The molecule has 0 bridgehead atoms. The van der Waals surface area contributed by atoms with E-state index in [9.17, 15) is 4.79 Å². The van der Waals surface area contributed by atoms with Crippen molar-refractivity contribution in [3.05, 3.63) is 52.4 Å². The summed E-state index contributed by atoms with van der Waals surface area (Å²) in [6.45, 7) is 7.82. The molecule has 6 heteroatoms. The first kappa shape index (κ1) is 21.4. The van der Waals surface area contributed by atoms with E-state index in [1.807, 2.05) is 35.2 Å². The third-order valence-electron chi connectivity index (χ3n) is 6.27. The summed E-state index contributed by atoms with van der Waals surface area (Å²) in [7, 11) is 0. The Morgan fingerprint density at radius 2 is 1.87 bits per heavy atom. The molecule has 1 atom stereocenters. The lowest BCUT2D eigenvalue weighted by Crippen LogP contribution is -2.45. The van der Waals surface area contributed by atoms with Gasteiger partial charge in [-0.2, -0.15) is 0 Å². The van der Waals surface area contributed by atoms with E-state index in [1.54, 1.807) is 6.07 Å². The number of benzene rings is 1. The largest absolute Gasteiger partial charge is 0.486 e. The average molecular weight is 475 g/mol. The molecule has 1 amide bonds. The third kappa shape index (κ3) is 5.67. The van der Waals surface area contributed by atoms with Gasteiger partial charge in [0, 0.05) is 24.1 Å². The minimum absolute atomic E-state index is 0.00172. The van der Waals surface area contributed by atoms with Crippen LogP contribution in [0, 0.1) is 11.8 Å². The summed E-state index contributed by atoms with van der Waals surface area (Å²) in [5.74, 6) is 3.27. The quantitative estimate of drug-likeness (QED) is 0.576. The lowest BCUT2D eigenvalue weighted by Gasteiger charge is -2.37. The van der Waals surface area contributed by atoms with Gasteiger partial charge in [0.2, 0.25) is 0 Å². The van der Waals surface area contributed by atoms with Gasteiger partial charge in [-0.05, 0) is 87.0 Å². The monoisotopic (exact) mass is 474 g/mol. The second-order valence-electron chi connectivity index (χ2n) is 8.75. The fourth-order valence-electron chi connectivity index (χ4n) is 4.42. The van der Waals surface area contributed by atoms with Crippen LogP contribution in [0.3, 0.4) is 0 Å². The zero-order chi connectivity index (χ0) is 20.9. The Labute approximate surface area is 187 Å². The minimum Gasteiger partial charge on any atom is -0.486 e. The van der Waals surface area contributed by atoms with Crippen LogP contribution in [-0.4, -0.2) is 48.4 Å². The van der Waals surface area contributed by atoms with Crippen LogP contribution in [0.4, 0.5) is 0 Å². The molecule has 0 unspecified atom stereocenters. The molecule has 0 N–H and O–H groups in total. The molecule has 5 nitrogen and oxygen atoms in total. The van der Waals surface area contributed by atoms with Crippen molar-refractivity contribution in [3.63, 3.8) is 0 Å². The van der Waals surface area contributed by atoms with Crippen LogP contribution < -0.4 is 4.74 Å². The topological polar surface area (TPSA) is 45.9 Å². The molecule has 0 radical (unpaired) electrons. The second-order valence-corrected chi connectivity index (χ2v) is 9.67. The maximum absolute atomic E-state index is 13.0. The van der Waals surface area contributed by atoms with E-state index >= 15 is 0 Å². The van der Waals surface area contributed by atoms with E-state index in [2.05, 4.69) is 27.8 Å². The maximum atomic E-state index is 13.0. The van der Waals surface area contributed by atoms with Crippen LogP contribution in [0.2, 0.25) is 0 Å². The number of carbonyl (C=O) groups is 1. The molecule has 2 aliphatic heterocycles. The second kappa shape index (κ2) is 10.0. The van der Waals surface area contributed by atoms with Gasteiger partial charge in [0.05, 0.1) is 0 Å². The van der Waals surface area contributed by atoms with Crippen molar-refractivity contribution in [2.45, 2.75) is 39.2 Å². The number of rotatable bonds is 6. The smallest absolute Gasteiger partial charge is 0.289 e. The zero-order valence-electron chi connectivity index (χ0n) is 17.7. The lowest BCUT2D eigenvalue weighted by molar-refractivity contribution is 0.0588. The van der Waals surface area contributed by atoms with Crippen molar-refractivity contribution in [1.82, 2.24) is 9.80 Å². The Bertz CT molecular complexity index is 827. The zero-order valence-corrected chi connectivity index (χ0v) is 19.3. The summed E-state index contributed by atoms with van der Waals surface area (Å²) in [6, 6.07) is 11.3. The Hall–Kier alpha value is -1.79. The molecular weight excluding hydrogens is 444 g/mol. The Morgan fingerprint density at radius 1 is 1.10 bits per heavy atom. The standard InChI is InChI=1S/C24H31BrN2O3/c1-18-10-13-26(14-11-18)15-19-3-2-12-27(16-19)24(28)23-9-8-22(30-23)17-29-21-6-4-20(25)5-7-21/h4-9,18-19H,2-3,10-17H2,1H3/t19-/m1/s1. The van der Waals surface area contributed by atoms with Gasteiger partial charge >= 0.3 is 0 Å². The van der Waals surface area contributed by atoms with Crippen molar-refractivity contribution in [3.8, 4) is 5.75 Å². The number of ether oxygens (including phenoxy) is 1. The highest BCUT2D eigenvalue weighted by atomic mass is 79.9. The van der Waals surface area contributed by atoms with Gasteiger partial charge < -0.3 is 19.0 Å². The highest BCUT2D eigenvalue weighted by molar-refractivity contribution is 9.10. The summed E-state index contributed by atoms with van der Waals surface area (Å²) >= 11 is 3.41. The molecule has 2 aromatic rings. The molecule has 30 heavy (non-hydrogen) atoms. The van der Waals surface area contributed by atoms with Crippen LogP contribution in [0.5, 0.6) is 5.75 Å². The van der Waals surface area contributed by atoms with Crippen molar-refractivity contribution in [1.29, 1.82) is 0 Å². The molecule has 2 saturated heterocycles. The number of carbonyl (C=O) groups excluding carboxylic acids is 1. The van der Waals surface area contributed by atoms with E-state index < -0.39 is 0 Å². The molecule has 1 aromatic carbocycles. The van der Waals surface area contributed by atoms with E-state index in [-0.39, 0.29) is 5.91 Å². The van der Waals surface area contributed by atoms with Gasteiger partial charge in [-0.25, -0.2) is 0 Å². The number of hydrogen-bond donors (Lipinski definition) is 0. The predicted octanol–water partition coefficient (Wildman–Crippen LogP) is 5.21. The van der Waals surface area contributed by atoms with E-state index in [1.165, 1.54) is 32.4 Å². The third-order valence-corrected chi connectivity index (χ3v) is 6.79. The molecule has 1 aromatic heterocycles. The van der Waals surface area contributed by atoms with Gasteiger partial charge in [0.25, 0.3) is 5.91 Å². The fraction of sp³-hybridized carbons (Fsp3) is 0.542. The van der Waals surface area contributed by atoms with E-state index in [0.717, 1.165) is 42.2 Å². The summed E-state index contributed by atoms with van der Waals surface area (Å²) < 4.78 is 12.6. The van der Waals surface area contributed by atoms with Gasteiger partial charge in [-0.3, -0.25) is 4.79 Å². The lowest BCUT2D eigenvalue weighted by atomic mass is 9.94. The van der Waals surface area contributed by atoms with Gasteiger partial charge in [0.15, 0.2) is 5.76 Å². The highest BCUT2D eigenvalue weighted by Gasteiger charge is 2.28. The van der Waals surface area contributed by atoms with Crippen LogP contribution >= 0.6 is 15.9 Å². The van der Waals surface area contributed by atoms with Crippen molar-refractivity contribution >= 4 is 21.8 Å². The van der Waals surface area contributed by atoms with Crippen molar-refractivity contribution in [2.24, 2.45) is 11.8 Å².